The molecule has 0 saturated carbocycles. The number of amides is 1. The highest BCUT2D eigenvalue weighted by Crippen LogP contribution is 2.33. The maximum absolute atomic E-state index is 12.8. The third kappa shape index (κ3) is 4.00. The van der Waals surface area contributed by atoms with Crippen molar-refractivity contribution in [2.45, 2.75) is 32.1 Å². The quantitative estimate of drug-likeness (QED) is 0.762. The van der Waals surface area contributed by atoms with Crippen LogP contribution in [0.3, 0.4) is 0 Å². The van der Waals surface area contributed by atoms with E-state index in [1.807, 2.05) is 25.5 Å². The molecule has 2 aromatic rings. The fraction of sp³-hybridized carbons (Fsp3) is 0.556. The molecule has 1 fully saturated rings. The van der Waals surface area contributed by atoms with Gasteiger partial charge < -0.3 is 14.2 Å². The molecule has 1 N–H and O–H groups in total. The number of carbonyl (C=O) groups is 1. The average molecular weight is 427 g/mol. The topological polar surface area (TPSA) is 93.5 Å². The second kappa shape index (κ2) is 8.32. The van der Waals surface area contributed by atoms with Crippen LogP contribution in [-0.2, 0) is 21.8 Å². The second-order valence-electron chi connectivity index (χ2n) is 6.77. The van der Waals surface area contributed by atoms with Gasteiger partial charge in [-0.15, -0.1) is 11.3 Å². The number of thiazole rings is 1. The Morgan fingerprint density at radius 2 is 2.00 bits per heavy atom. The van der Waals surface area contributed by atoms with E-state index in [9.17, 15) is 13.2 Å². The Hall–Kier alpha value is -1.75. The van der Waals surface area contributed by atoms with Gasteiger partial charge in [-0.3, -0.25) is 4.79 Å². The van der Waals surface area contributed by atoms with E-state index in [4.69, 9.17) is 4.74 Å². The van der Waals surface area contributed by atoms with Gasteiger partial charge in [0.25, 0.3) is 5.91 Å². The maximum Gasteiger partial charge on any atom is 0.266 e. The number of carbonyl (C=O) groups excluding carboxylic acids is 1. The summed E-state index contributed by atoms with van der Waals surface area (Å²) < 4.78 is 34.9. The zero-order chi connectivity index (χ0) is 20.5. The summed E-state index contributed by atoms with van der Waals surface area (Å²) in [7, 11) is -1.77. The molecule has 154 valence electrons. The molecule has 0 atom stereocenters. The molecule has 0 unspecified atom stereocenters. The summed E-state index contributed by atoms with van der Waals surface area (Å²) >= 11 is 1.30. The van der Waals surface area contributed by atoms with Gasteiger partial charge in [-0.25, -0.2) is 18.1 Å². The van der Waals surface area contributed by atoms with Crippen LogP contribution in [0.5, 0.6) is 0 Å². The van der Waals surface area contributed by atoms with Crippen molar-refractivity contribution < 1.29 is 17.9 Å². The predicted molar refractivity (Wildman–Crippen MR) is 108 cm³/mol. The summed E-state index contributed by atoms with van der Waals surface area (Å²) in [5.74, 6) is -0.0482. The summed E-state index contributed by atoms with van der Waals surface area (Å²) in [5, 5.41) is 0.636. The number of nitrogens with one attached hydrogen (secondary N) is 1. The first-order chi connectivity index (χ1) is 13.3. The molecular formula is C18H26N4O4S2. The minimum atomic E-state index is -3.58. The van der Waals surface area contributed by atoms with Gasteiger partial charge in [0.15, 0.2) is 0 Å². The van der Waals surface area contributed by atoms with Crippen molar-refractivity contribution in [3.05, 3.63) is 22.3 Å². The number of sulfonamides is 1. The van der Waals surface area contributed by atoms with Crippen molar-refractivity contribution in [2.24, 2.45) is 7.05 Å². The fourth-order valence-corrected chi connectivity index (χ4v) is 5.58. The Bertz CT molecular complexity index is 972. The lowest BCUT2D eigenvalue weighted by Gasteiger charge is -2.26. The monoisotopic (exact) mass is 426 g/mol. The molecule has 0 aliphatic carbocycles. The summed E-state index contributed by atoms with van der Waals surface area (Å²) in [5.41, 5.74) is 1.97. The average Bonchev–Trinajstić information content (AvgIpc) is 3.21. The molecule has 3 rings (SSSR count). The molecule has 1 saturated heterocycles. The van der Waals surface area contributed by atoms with E-state index in [2.05, 4.69) is 9.71 Å². The van der Waals surface area contributed by atoms with Gasteiger partial charge in [-0.2, -0.15) is 0 Å². The van der Waals surface area contributed by atoms with E-state index in [1.54, 1.807) is 17.9 Å². The number of morpholine rings is 1. The van der Waals surface area contributed by atoms with Gasteiger partial charge >= 0.3 is 0 Å². The van der Waals surface area contributed by atoms with Gasteiger partial charge in [0.1, 0.15) is 14.8 Å². The zero-order valence-electron chi connectivity index (χ0n) is 16.6. The van der Waals surface area contributed by atoms with E-state index >= 15 is 0 Å². The van der Waals surface area contributed by atoms with Gasteiger partial charge in [0.05, 0.1) is 24.6 Å². The van der Waals surface area contributed by atoms with Crippen LogP contribution in [0.4, 0.5) is 0 Å². The fourth-order valence-electron chi connectivity index (χ4n) is 3.08. The molecule has 3 heterocycles. The minimum Gasteiger partial charge on any atom is -0.378 e. The van der Waals surface area contributed by atoms with Gasteiger partial charge in [-0.05, 0) is 26.3 Å². The summed E-state index contributed by atoms with van der Waals surface area (Å²) in [6.45, 7) is 8.10. The van der Waals surface area contributed by atoms with Crippen LogP contribution < -0.4 is 4.72 Å². The lowest BCUT2D eigenvalue weighted by Crippen LogP contribution is -2.40. The van der Waals surface area contributed by atoms with Gasteiger partial charge in [-0.1, -0.05) is 6.92 Å². The Balaban J connectivity index is 1.95. The van der Waals surface area contributed by atoms with Crippen molar-refractivity contribution in [3.8, 4) is 10.7 Å². The number of nitrogens with zero attached hydrogens (tertiary/aromatic N) is 3. The van der Waals surface area contributed by atoms with Crippen LogP contribution >= 0.6 is 11.3 Å². The van der Waals surface area contributed by atoms with Gasteiger partial charge in [0, 0.05) is 32.4 Å². The van der Waals surface area contributed by atoms with E-state index in [1.165, 1.54) is 11.3 Å². The Morgan fingerprint density at radius 1 is 1.32 bits per heavy atom. The molecule has 1 aliphatic heterocycles. The van der Waals surface area contributed by atoms with Crippen LogP contribution in [0.2, 0.25) is 0 Å². The van der Waals surface area contributed by atoms with Crippen molar-refractivity contribution >= 4 is 27.3 Å². The normalized spacial score (nSPS) is 15.2. The first-order valence-electron chi connectivity index (χ1n) is 9.27. The van der Waals surface area contributed by atoms with E-state index in [-0.39, 0.29) is 10.8 Å². The van der Waals surface area contributed by atoms with Crippen LogP contribution in [0.25, 0.3) is 10.7 Å². The third-order valence-corrected chi connectivity index (χ3v) is 7.57. The summed E-state index contributed by atoms with van der Waals surface area (Å²) in [6.07, 6.45) is 0.719. The maximum atomic E-state index is 12.8. The van der Waals surface area contributed by atoms with Crippen molar-refractivity contribution in [2.75, 3.05) is 32.8 Å². The first kappa shape index (κ1) is 21.0. The molecule has 28 heavy (non-hydrogen) atoms. The second-order valence-corrected chi connectivity index (χ2v) is 9.51. The van der Waals surface area contributed by atoms with Gasteiger partial charge in [0.2, 0.25) is 10.0 Å². The van der Waals surface area contributed by atoms with E-state index in [0.717, 1.165) is 6.42 Å². The van der Waals surface area contributed by atoms with E-state index < -0.39 is 10.0 Å². The number of aromatic nitrogens is 2. The Kier molecular flexibility index (Phi) is 6.23. The molecule has 10 heteroatoms. The van der Waals surface area contributed by atoms with Crippen molar-refractivity contribution in [1.82, 2.24) is 19.2 Å². The van der Waals surface area contributed by atoms with Crippen LogP contribution in [0, 0.1) is 13.8 Å². The molecule has 0 radical (unpaired) electrons. The number of hydrogen-bond acceptors (Lipinski definition) is 6. The summed E-state index contributed by atoms with van der Waals surface area (Å²) in [6, 6.07) is 1.63. The third-order valence-electron chi connectivity index (χ3n) is 4.83. The van der Waals surface area contributed by atoms with E-state index in [0.29, 0.717) is 59.8 Å². The van der Waals surface area contributed by atoms with Crippen LogP contribution in [0.1, 0.15) is 34.4 Å². The van der Waals surface area contributed by atoms with Crippen molar-refractivity contribution in [1.29, 1.82) is 0 Å². The molecule has 1 amide bonds. The zero-order valence-corrected chi connectivity index (χ0v) is 18.2. The first-order valence-corrected chi connectivity index (χ1v) is 11.6. The number of ether oxygens (including phenoxy) is 1. The molecule has 8 nitrogen and oxygen atoms in total. The molecule has 0 aromatic carbocycles. The largest absolute Gasteiger partial charge is 0.378 e. The lowest BCUT2D eigenvalue weighted by molar-refractivity contribution is 0.0305. The molecular weight excluding hydrogens is 400 g/mol. The van der Waals surface area contributed by atoms with Crippen LogP contribution in [-0.4, -0.2) is 61.6 Å². The molecule has 2 aromatic heterocycles. The predicted octanol–water partition coefficient (Wildman–Crippen LogP) is 1.93. The highest BCUT2D eigenvalue weighted by atomic mass is 32.2. The number of rotatable bonds is 6. The highest BCUT2D eigenvalue weighted by molar-refractivity contribution is 7.89. The highest BCUT2D eigenvalue weighted by Gasteiger charge is 2.26. The SMILES string of the molecule is CCCNS(=O)(=O)c1cc(-c2nc(C)c(C(=O)N3CCOCC3)s2)n(C)c1C. The smallest absolute Gasteiger partial charge is 0.266 e. The minimum absolute atomic E-state index is 0.0482. The molecule has 0 bridgehead atoms. The number of aryl methyl sites for hydroxylation is 1. The van der Waals surface area contributed by atoms with Crippen molar-refractivity contribution in [3.63, 3.8) is 0 Å². The van der Waals surface area contributed by atoms with Crippen LogP contribution in [0.15, 0.2) is 11.0 Å². The Labute approximate surface area is 169 Å². The molecule has 0 spiro atoms. The number of hydrogen-bond donors (Lipinski definition) is 1. The summed E-state index contributed by atoms with van der Waals surface area (Å²) in [4.78, 5) is 20.0. The standard InChI is InChI=1S/C18H26N4O4S2/c1-5-6-19-28(24,25)15-11-14(21(4)13(15)3)17-20-12(2)16(27-17)18(23)22-7-9-26-10-8-22/h11,19H,5-10H2,1-4H3. The lowest BCUT2D eigenvalue weighted by atomic mass is 10.3. The Morgan fingerprint density at radius 3 is 2.64 bits per heavy atom. The molecule has 1 aliphatic rings.